The molecule has 1 amide bonds. The molecule has 1 saturated heterocycles. The van der Waals surface area contributed by atoms with Crippen molar-refractivity contribution in [2.75, 3.05) is 51.3 Å². The van der Waals surface area contributed by atoms with Crippen LogP contribution in [0.15, 0.2) is 56.7 Å². The van der Waals surface area contributed by atoms with E-state index in [0.29, 0.717) is 23.2 Å². The average Bonchev–Trinajstić information content (AvgIpc) is 2.89. The lowest BCUT2D eigenvalue weighted by Crippen LogP contribution is -2.40. The number of rotatable bonds is 10. The van der Waals surface area contributed by atoms with E-state index in [1.807, 2.05) is 0 Å². The predicted octanol–water partition coefficient (Wildman–Crippen LogP) is 2.30. The van der Waals surface area contributed by atoms with Crippen molar-refractivity contribution in [3.8, 4) is 0 Å². The SMILES string of the molecule is CCN(CC)S(=O)(=O)c1ccc(NC(=O)COC(=O)c2ccc(Br)c(S(=O)(=O)N3CCOCC3)c2)cc1. The molecule has 14 heteroatoms. The monoisotopic (exact) mass is 617 g/mol. The van der Waals surface area contributed by atoms with Crippen molar-refractivity contribution in [3.63, 3.8) is 0 Å². The van der Waals surface area contributed by atoms with Crippen molar-refractivity contribution in [1.29, 1.82) is 0 Å². The van der Waals surface area contributed by atoms with Crippen LogP contribution in [-0.2, 0) is 34.3 Å². The Morgan fingerprint density at radius 1 is 1.03 bits per heavy atom. The molecule has 1 aliphatic rings. The maximum atomic E-state index is 13.0. The molecule has 0 bridgehead atoms. The Morgan fingerprint density at radius 3 is 2.24 bits per heavy atom. The molecule has 1 heterocycles. The third-order valence-corrected chi connectivity index (χ3v) is 10.5. The minimum Gasteiger partial charge on any atom is -0.452 e. The van der Waals surface area contributed by atoms with Gasteiger partial charge in [-0.2, -0.15) is 8.61 Å². The van der Waals surface area contributed by atoms with Gasteiger partial charge in [0, 0.05) is 36.3 Å². The summed E-state index contributed by atoms with van der Waals surface area (Å²) in [5.74, 6) is -1.52. The summed E-state index contributed by atoms with van der Waals surface area (Å²) < 4.78 is 64.3. The molecule has 37 heavy (non-hydrogen) atoms. The van der Waals surface area contributed by atoms with Gasteiger partial charge >= 0.3 is 5.97 Å². The highest BCUT2D eigenvalue weighted by Crippen LogP contribution is 2.27. The Hall–Kier alpha value is -2.36. The number of ether oxygens (including phenoxy) is 2. The van der Waals surface area contributed by atoms with E-state index in [4.69, 9.17) is 9.47 Å². The second-order valence-electron chi connectivity index (χ2n) is 7.90. The number of benzene rings is 2. The summed E-state index contributed by atoms with van der Waals surface area (Å²) in [5.41, 5.74) is 0.288. The molecule has 11 nitrogen and oxygen atoms in total. The van der Waals surface area contributed by atoms with Crippen LogP contribution in [0.5, 0.6) is 0 Å². The quantitative estimate of drug-likeness (QED) is 0.401. The largest absolute Gasteiger partial charge is 0.452 e. The van der Waals surface area contributed by atoms with Crippen molar-refractivity contribution in [3.05, 3.63) is 52.5 Å². The molecule has 0 unspecified atom stereocenters. The highest BCUT2D eigenvalue weighted by molar-refractivity contribution is 9.10. The highest BCUT2D eigenvalue weighted by Gasteiger charge is 2.29. The lowest BCUT2D eigenvalue weighted by molar-refractivity contribution is -0.119. The summed E-state index contributed by atoms with van der Waals surface area (Å²) in [6.45, 7) is 4.50. The van der Waals surface area contributed by atoms with Gasteiger partial charge in [0.05, 0.1) is 28.6 Å². The van der Waals surface area contributed by atoms with Crippen LogP contribution < -0.4 is 5.32 Å². The van der Waals surface area contributed by atoms with E-state index < -0.39 is 38.5 Å². The fraction of sp³-hybridized carbons (Fsp3) is 0.391. The maximum absolute atomic E-state index is 13.0. The van der Waals surface area contributed by atoms with Crippen molar-refractivity contribution < 1.29 is 35.9 Å². The summed E-state index contributed by atoms with van der Waals surface area (Å²) in [4.78, 5) is 24.8. The van der Waals surface area contributed by atoms with Crippen LogP contribution in [0, 0.1) is 0 Å². The van der Waals surface area contributed by atoms with Crippen LogP contribution in [0.2, 0.25) is 0 Å². The van der Waals surface area contributed by atoms with Gasteiger partial charge in [-0.05, 0) is 58.4 Å². The van der Waals surface area contributed by atoms with E-state index in [1.165, 1.54) is 51.1 Å². The molecule has 1 aliphatic heterocycles. The number of esters is 1. The summed E-state index contributed by atoms with van der Waals surface area (Å²) in [6, 6.07) is 9.65. The minimum absolute atomic E-state index is 0.0335. The zero-order valence-corrected chi connectivity index (χ0v) is 23.6. The fourth-order valence-corrected chi connectivity index (χ4v) is 7.41. The number of carbonyl (C=O) groups is 2. The standard InChI is InChI=1S/C23H28BrN3O8S2/c1-3-26(4-2)36(30,31)19-8-6-18(7-9-19)25-22(28)16-35-23(29)17-5-10-20(24)21(15-17)37(32,33)27-11-13-34-14-12-27/h5-10,15H,3-4,11-14,16H2,1-2H3,(H,25,28). The minimum atomic E-state index is -3.87. The van der Waals surface area contributed by atoms with Gasteiger partial charge < -0.3 is 14.8 Å². The third kappa shape index (κ3) is 6.94. The summed E-state index contributed by atoms with van der Waals surface area (Å²) in [5, 5.41) is 2.53. The second-order valence-corrected chi connectivity index (χ2v) is 12.6. The second kappa shape index (κ2) is 12.5. The third-order valence-electron chi connectivity index (χ3n) is 5.57. The number of morpholine rings is 1. The predicted molar refractivity (Wildman–Crippen MR) is 139 cm³/mol. The Morgan fingerprint density at radius 2 is 1.65 bits per heavy atom. The number of anilines is 1. The number of halogens is 1. The number of nitrogens with zero attached hydrogens (tertiary/aromatic N) is 2. The van der Waals surface area contributed by atoms with Gasteiger partial charge in [-0.15, -0.1) is 0 Å². The summed E-state index contributed by atoms with van der Waals surface area (Å²) >= 11 is 3.22. The van der Waals surface area contributed by atoms with Gasteiger partial charge in [-0.3, -0.25) is 4.79 Å². The molecule has 2 aromatic carbocycles. The van der Waals surface area contributed by atoms with Crippen molar-refractivity contribution >= 4 is 53.5 Å². The molecule has 0 aliphatic carbocycles. The molecule has 0 spiro atoms. The number of nitrogens with one attached hydrogen (secondary N) is 1. The zero-order valence-electron chi connectivity index (χ0n) is 20.3. The van der Waals surface area contributed by atoms with Crippen LogP contribution in [0.4, 0.5) is 5.69 Å². The molecule has 2 aromatic rings. The molecule has 0 radical (unpaired) electrons. The van der Waals surface area contributed by atoms with Gasteiger partial charge in [0.2, 0.25) is 20.0 Å². The van der Waals surface area contributed by atoms with Gasteiger partial charge in [-0.25, -0.2) is 21.6 Å². The molecule has 0 saturated carbocycles. The van der Waals surface area contributed by atoms with Crippen molar-refractivity contribution in [1.82, 2.24) is 8.61 Å². The lowest BCUT2D eigenvalue weighted by atomic mass is 10.2. The molecule has 202 valence electrons. The zero-order chi connectivity index (χ0) is 27.2. The Labute approximate surface area is 225 Å². The topological polar surface area (TPSA) is 139 Å². The first-order valence-corrected chi connectivity index (χ1v) is 15.1. The Bertz CT molecular complexity index is 1340. The first-order valence-electron chi connectivity index (χ1n) is 11.4. The van der Waals surface area contributed by atoms with E-state index in [2.05, 4.69) is 21.2 Å². The van der Waals surface area contributed by atoms with Gasteiger partial charge in [0.25, 0.3) is 5.91 Å². The van der Waals surface area contributed by atoms with E-state index >= 15 is 0 Å². The first-order chi connectivity index (χ1) is 17.5. The van der Waals surface area contributed by atoms with Crippen LogP contribution >= 0.6 is 15.9 Å². The highest BCUT2D eigenvalue weighted by atomic mass is 79.9. The number of carbonyl (C=O) groups excluding carboxylic acids is 2. The number of hydrogen-bond donors (Lipinski definition) is 1. The maximum Gasteiger partial charge on any atom is 0.338 e. The van der Waals surface area contributed by atoms with Gasteiger partial charge in [-0.1, -0.05) is 13.8 Å². The molecule has 1 fully saturated rings. The van der Waals surface area contributed by atoms with E-state index in [-0.39, 0.29) is 41.7 Å². The number of amides is 1. The lowest BCUT2D eigenvalue weighted by Gasteiger charge is -2.26. The van der Waals surface area contributed by atoms with Crippen molar-refractivity contribution in [2.45, 2.75) is 23.6 Å². The van der Waals surface area contributed by atoms with Crippen LogP contribution in [-0.4, -0.2) is 83.3 Å². The van der Waals surface area contributed by atoms with E-state index in [1.54, 1.807) is 13.8 Å². The first kappa shape index (κ1) is 29.2. The fourth-order valence-electron chi connectivity index (χ4n) is 3.59. The average molecular weight is 619 g/mol. The molecule has 0 atom stereocenters. The van der Waals surface area contributed by atoms with Crippen LogP contribution in [0.1, 0.15) is 24.2 Å². The van der Waals surface area contributed by atoms with Crippen molar-refractivity contribution in [2.24, 2.45) is 0 Å². The van der Waals surface area contributed by atoms with E-state index in [0.717, 1.165) is 0 Å². The summed E-state index contributed by atoms with van der Waals surface area (Å²) in [6.07, 6.45) is 0. The van der Waals surface area contributed by atoms with Gasteiger partial charge in [0.1, 0.15) is 0 Å². The molecular formula is C23H28BrN3O8S2. The Kier molecular flexibility index (Phi) is 9.83. The Balaban J connectivity index is 1.62. The summed E-state index contributed by atoms with van der Waals surface area (Å²) in [7, 11) is -7.50. The normalized spacial score (nSPS) is 14.9. The number of hydrogen-bond acceptors (Lipinski definition) is 8. The smallest absolute Gasteiger partial charge is 0.338 e. The molecule has 1 N–H and O–H groups in total. The van der Waals surface area contributed by atoms with E-state index in [9.17, 15) is 26.4 Å². The van der Waals surface area contributed by atoms with Crippen LogP contribution in [0.3, 0.4) is 0 Å². The molecule has 3 rings (SSSR count). The van der Waals surface area contributed by atoms with Gasteiger partial charge in [0.15, 0.2) is 6.61 Å². The van der Waals surface area contributed by atoms with Crippen LogP contribution in [0.25, 0.3) is 0 Å². The molecule has 0 aromatic heterocycles. The molecular weight excluding hydrogens is 590 g/mol. The number of sulfonamides is 2.